The summed E-state index contributed by atoms with van der Waals surface area (Å²) in [5.74, 6) is 4.12. The molecule has 0 heterocycles. The van der Waals surface area contributed by atoms with Crippen LogP contribution in [0.15, 0.2) is 0 Å². The molecule has 4 nitrogen and oxygen atoms in total. The molecule has 0 aliphatic heterocycles. The minimum atomic E-state index is -0.285. The molecule has 8 N–H and O–H groups in total. The third-order valence-corrected chi connectivity index (χ3v) is 3.32. The average Bonchev–Trinajstić information content (AvgIpc) is 1.97. The smallest absolute Gasteiger partial charge is 0 e. The van der Waals surface area contributed by atoms with Crippen molar-refractivity contribution in [3.05, 3.63) is 0 Å². The Morgan fingerprint density at radius 3 is 0.545 bits per heavy atom. The quantitative estimate of drug-likeness (QED) is 0.323. The molecule has 0 bridgehead atoms. The predicted octanol–water partition coefficient (Wildman–Crippen LogP) is -3.91. The van der Waals surface area contributed by atoms with E-state index in [1.54, 1.807) is 14.4 Å². The van der Waals surface area contributed by atoms with Crippen LogP contribution in [0.3, 0.4) is 0 Å². The molecular weight excluding hydrogens is 412 g/mol. The Hall–Kier alpha value is 1.41. The van der Waals surface area contributed by atoms with E-state index in [9.17, 15) is 0 Å². The number of rotatable bonds is 2. The average molecular weight is 451 g/mol. The Morgan fingerprint density at radius 1 is 0.500 bits per heavy atom. The van der Waals surface area contributed by atoms with Gasteiger partial charge in [-0.15, -0.1) is 0 Å². The van der Waals surface area contributed by atoms with Gasteiger partial charge < -0.3 is 47.7 Å². The van der Waals surface area contributed by atoms with E-state index in [0.717, 1.165) is 0 Å². The molecule has 8 heteroatoms. The Kier molecular flexibility index (Phi) is 26.0. The zero-order valence-corrected chi connectivity index (χ0v) is 19.2. The molecule has 0 amide bonds. The monoisotopic (exact) mass is 448 g/mol. The van der Waals surface area contributed by atoms with E-state index in [0.29, 0.717) is 0 Å². The maximum atomic E-state index is 5.69. The molecule has 0 aromatic rings. The van der Waals surface area contributed by atoms with Crippen LogP contribution < -0.4 is 47.7 Å². The summed E-state index contributed by atoms with van der Waals surface area (Å²) in [5.41, 5.74) is 21.6. The molecule has 0 unspecified atom stereocenters. The van der Waals surface area contributed by atoms with Gasteiger partial charge in [0, 0.05) is 38.6 Å². The molecule has 0 fully saturated rings. The summed E-state index contributed by atoms with van der Waals surface area (Å²) >= 11 is 1.62. The van der Waals surface area contributed by atoms with Crippen LogP contribution >= 0.6 is 0 Å². The second kappa shape index (κ2) is 14.7. The number of hydrogen-bond donors (Lipinski definition) is 4. The molecule has 148 valence electrons. The standard InChI is InChI=1S/2C6H16N2.2CH3.2ClH.2Ni/c2*1-5(2,7)6(3,4)8;;;;;;/h2*7-8H2,1-4H3;2*1H3;2*1H;;/q;;;;;;;+2/p-2. The molecule has 0 aliphatic rings. The van der Waals surface area contributed by atoms with Crippen molar-refractivity contribution in [1.82, 2.24) is 0 Å². The van der Waals surface area contributed by atoms with Gasteiger partial charge in [0.05, 0.1) is 0 Å². The minimum Gasteiger partial charge on any atom is -1.00 e. The first kappa shape index (κ1) is 38.8. The van der Waals surface area contributed by atoms with E-state index in [1.807, 2.05) is 55.4 Å². The Bertz CT molecular complexity index is 179. The molecule has 0 rings (SSSR count). The van der Waals surface area contributed by atoms with Crippen molar-refractivity contribution in [2.45, 2.75) is 89.3 Å². The number of hydrogen-bond acceptors (Lipinski definition) is 4. The number of nitrogens with two attached hydrogens (primary N) is 4. The van der Waals surface area contributed by atoms with Crippen molar-refractivity contribution in [2.75, 3.05) is 0 Å². The van der Waals surface area contributed by atoms with Crippen molar-refractivity contribution in [3.63, 3.8) is 0 Å². The third kappa shape index (κ3) is 23.7. The second-order valence-corrected chi connectivity index (χ2v) is 8.19. The normalized spacial score (nSPS) is 11.4. The fraction of sp³-hybridized carbons (Fsp3) is 1.00. The van der Waals surface area contributed by atoms with E-state index in [2.05, 4.69) is 11.8 Å². The molecule has 0 aromatic carbocycles. The topological polar surface area (TPSA) is 104 Å². The molecule has 22 heavy (non-hydrogen) atoms. The molecule has 0 radical (unpaired) electrons. The molecule has 0 aliphatic carbocycles. The van der Waals surface area contributed by atoms with Crippen LogP contribution in [0.1, 0.15) is 55.4 Å². The maximum Gasteiger partial charge on any atom is 0 e. The van der Waals surface area contributed by atoms with E-state index in [1.165, 1.54) is 0 Å². The SMILES string of the molecule is CC(C)(N)C(C)(C)N.CC(C)(N)C(C)(C)N.[CH3][Ni+2][CH3].[Cl-].[Cl-].[Ni]. The van der Waals surface area contributed by atoms with Gasteiger partial charge in [0.25, 0.3) is 0 Å². The molecular formula is C14H38Cl2N4Ni2. The van der Waals surface area contributed by atoms with Crippen LogP contribution in [0.2, 0.25) is 11.8 Å². The summed E-state index contributed by atoms with van der Waals surface area (Å²) in [7, 11) is 0. The third-order valence-electron chi connectivity index (χ3n) is 3.32. The largest absolute Gasteiger partial charge is 1.00 e. The van der Waals surface area contributed by atoms with Gasteiger partial charge in [0.2, 0.25) is 0 Å². The van der Waals surface area contributed by atoms with Gasteiger partial charge >= 0.3 is 26.2 Å². The van der Waals surface area contributed by atoms with Crippen LogP contribution in [0, 0.1) is 0 Å². The summed E-state index contributed by atoms with van der Waals surface area (Å²) in [5, 5.41) is 0. The molecule has 0 saturated carbocycles. The van der Waals surface area contributed by atoms with Crippen molar-refractivity contribution in [1.29, 1.82) is 0 Å². The Morgan fingerprint density at radius 2 is 0.545 bits per heavy atom. The van der Waals surface area contributed by atoms with Gasteiger partial charge in [-0.25, -0.2) is 0 Å². The zero-order chi connectivity index (χ0) is 16.7. The number of halogens is 2. The van der Waals surface area contributed by atoms with E-state index < -0.39 is 0 Å². The van der Waals surface area contributed by atoms with E-state index in [4.69, 9.17) is 22.9 Å². The fourth-order valence-electron chi connectivity index (χ4n) is 0. The Labute approximate surface area is 167 Å². The van der Waals surface area contributed by atoms with Crippen molar-refractivity contribution >= 4 is 0 Å². The zero-order valence-electron chi connectivity index (χ0n) is 15.7. The Balaban J connectivity index is -0.0000000442. The van der Waals surface area contributed by atoms with E-state index in [-0.39, 0.29) is 63.5 Å². The van der Waals surface area contributed by atoms with Crippen LogP contribution in [-0.2, 0) is 30.9 Å². The van der Waals surface area contributed by atoms with Gasteiger partial charge in [-0.05, 0) is 55.4 Å². The molecule has 0 saturated heterocycles. The molecule has 0 spiro atoms. The first-order valence-corrected chi connectivity index (χ1v) is 8.26. The van der Waals surface area contributed by atoms with E-state index >= 15 is 0 Å². The van der Waals surface area contributed by atoms with Crippen LogP contribution in [0.25, 0.3) is 0 Å². The maximum absolute atomic E-state index is 5.69. The summed E-state index contributed by atoms with van der Waals surface area (Å²) in [6.45, 7) is 15.4. The fourth-order valence-corrected chi connectivity index (χ4v) is 0. The summed E-state index contributed by atoms with van der Waals surface area (Å²) < 4.78 is 0. The molecule has 0 aromatic heterocycles. The summed E-state index contributed by atoms with van der Waals surface area (Å²) in [6.07, 6.45) is 0. The van der Waals surface area contributed by atoms with Crippen LogP contribution in [0.4, 0.5) is 0 Å². The van der Waals surface area contributed by atoms with Crippen LogP contribution in [0.5, 0.6) is 0 Å². The summed E-state index contributed by atoms with van der Waals surface area (Å²) in [6, 6.07) is 0. The predicted molar refractivity (Wildman–Crippen MR) is 84.8 cm³/mol. The van der Waals surface area contributed by atoms with Crippen molar-refractivity contribution < 1.29 is 55.7 Å². The summed E-state index contributed by atoms with van der Waals surface area (Å²) in [4.78, 5) is 0. The van der Waals surface area contributed by atoms with Crippen molar-refractivity contribution in [2.24, 2.45) is 22.9 Å². The van der Waals surface area contributed by atoms with Gasteiger partial charge in [-0.2, -0.15) is 0 Å². The first-order chi connectivity index (χ1) is 7.91. The minimum absolute atomic E-state index is 0. The van der Waals surface area contributed by atoms with Gasteiger partial charge in [-0.1, -0.05) is 0 Å². The first-order valence-electron chi connectivity index (χ1n) is 6.29. The van der Waals surface area contributed by atoms with Crippen molar-refractivity contribution in [3.8, 4) is 0 Å². The van der Waals surface area contributed by atoms with Gasteiger partial charge in [-0.3, -0.25) is 0 Å². The molecule has 0 atom stereocenters. The second-order valence-electron chi connectivity index (χ2n) is 7.20. The van der Waals surface area contributed by atoms with Crippen LogP contribution in [-0.4, -0.2) is 22.2 Å². The van der Waals surface area contributed by atoms with Gasteiger partial charge in [0.1, 0.15) is 0 Å². The van der Waals surface area contributed by atoms with Gasteiger partial charge in [0.15, 0.2) is 0 Å².